The molecular weight excluding hydrogens is 365 g/mol. The fourth-order valence-electron chi connectivity index (χ4n) is 2.48. The number of unbranched alkanes of at least 4 members (excludes halogenated alkanes) is 2. The second kappa shape index (κ2) is 9.82. The van der Waals surface area contributed by atoms with Gasteiger partial charge in [-0.1, -0.05) is 12.1 Å². The minimum Gasteiger partial charge on any atom is -0.550 e. The van der Waals surface area contributed by atoms with Crippen LogP contribution in [0.3, 0.4) is 0 Å². The monoisotopic (exact) mass is 381 g/mol. The van der Waals surface area contributed by atoms with Crippen molar-refractivity contribution in [3.63, 3.8) is 0 Å². The zero-order valence-corrected chi connectivity index (χ0v) is 17.2. The molecule has 0 unspecified atom stereocenters. The molecule has 0 aliphatic heterocycles. The quantitative estimate of drug-likeness (QED) is 0.403. The average molecular weight is 381 g/mol. The van der Waals surface area contributed by atoms with Gasteiger partial charge in [0, 0.05) is 11.3 Å². The number of fused-ring (bicyclic) bond motifs is 1. The number of aliphatic carboxylic acids is 1. The number of rotatable bonds is 7. The smallest absolute Gasteiger partial charge is 0.550 e. The maximum Gasteiger partial charge on any atom is 1.00 e. The van der Waals surface area contributed by atoms with E-state index in [9.17, 15) is 14.7 Å². The molecule has 0 amide bonds. The molecule has 9 heteroatoms. The molecule has 2 heterocycles. The predicted octanol–water partition coefficient (Wildman–Crippen LogP) is -0.541. The molecule has 130 valence electrons. The van der Waals surface area contributed by atoms with E-state index < -0.39 is 12.1 Å². The van der Waals surface area contributed by atoms with Crippen molar-refractivity contribution in [2.45, 2.75) is 25.7 Å². The van der Waals surface area contributed by atoms with Crippen LogP contribution >= 0.6 is 11.3 Å². The van der Waals surface area contributed by atoms with Crippen LogP contribution in [0.1, 0.15) is 25.7 Å². The van der Waals surface area contributed by atoms with Crippen LogP contribution in [-0.2, 0) is 9.53 Å². The molecule has 0 aliphatic rings. The topological polar surface area (TPSA) is 97.1 Å². The Morgan fingerprint density at radius 2 is 2.00 bits per heavy atom. The fourth-order valence-corrected chi connectivity index (χ4v) is 3.01. The third-order valence-corrected chi connectivity index (χ3v) is 4.24. The van der Waals surface area contributed by atoms with Crippen molar-refractivity contribution in [3.05, 3.63) is 35.2 Å². The van der Waals surface area contributed by atoms with Crippen LogP contribution in [0.15, 0.2) is 35.2 Å². The Hall–Kier alpha value is -1.74. The largest absolute Gasteiger partial charge is 1.00 e. The van der Waals surface area contributed by atoms with Gasteiger partial charge in [0.2, 0.25) is 0 Å². The number of aromatic nitrogens is 3. The Morgan fingerprint density at radius 3 is 2.73 bits per heavy atom. The van der Waals surface area contributed by atoms with E-state index in [4.69, 9.17) is 4.74 Å². The number of thiazole rings is 1. The summed E-state index contributed by atoms with van der Waals surface area (Å²) in [4.78, 5) is 31.6. The van der Waals surface area contributed by atoms with Crippen LogP contribution in [0.25, 0.3) is 22.6 Å². The minimum atomic E-state index is -1.06. The van der Waals surface area contributed by atoms with Crippen LogP contribution in [-0.4, -0.2) is 33.2 Å². The first-order valence-corrected chi connectivity index (χ1v) is 8.84. The van der Waals surface area contributed by atoms with E-state index in [0.717, 1.165) is 0 Å². The van der Waals surface area contributed by atoms with Crippen LogP contribution in [0.2, 0.25) is 0 Å². The van der Waals surface area contributed by atoms with Crippen molar-refractivity contribution in [2.75, 3.05) is 6.61 Å². The number of benzene rings is 1. The molecule has 2 aromatic heterocycles. The number of carbonyl (C=O) groups excluding carboxylic acids is 2. The molecule has 0 bridgehead atoms. The van der Waals surface area contributed by atoms with Gasteiger partial charge in [-0.15, -0.1) is 11.3 Å². The number of ether oxygens (including phenoxy) is 1. The first kappa shape index (κ1) is 20.6. The Kier molecular flexibility index (Phi) is 7.77. The molecule has 26 heavy (non-hydrogen) atoms. The normalized spacial score (nSPS) is 10.5. The van der Waals surface area contributed by atoms with Gasteiger partial charge in [0.05, 0.1) is 23.2 Å². The maximum atomic E-state index is 12.5. The van der Waals surface area contributed by atoms with Crippen LogP contribution < -0.4 is 34.7 Å². The summed E-state index contributed by atoms with van der Waals surface area (Å²) in [6.45, 7) is 0.217. The van der Waals surface area contributed by atoms with Gasteiger partial charge in [0.15, 0.2) is 5.82 Å². The summed E-state index contributed by atoms with van der Waals surface area (Å²) < 4.78 is 6.76. The second-order valence-corrected chi connectivity index (χ2v) is 6.15. The standard InChI is InChI=1S/C17H17N3O4S.Na/c21-15(22)8-2-1-5-9-24-17(23)20-14-7-4-3-6-12(14)19-16(20)13-10-25-11-18-13;/h3-4,6-7,10-11H,1-2,5,8-9H2,(H,21,22);/q;+1/p-1. The van der Waals surface area contributed by atoms with Gasteiger partial charge in [-0.2, -0.15) is 0 Å². The summed E-state index contributed by atoms with van der Waals surface area (Å²) in [7, 11) is 0. The van der Waals surface area contributed by atoms with Crippen molar-refractivity contribution in [2.24, 2.45) is 0 Å². The zero-order valence-electron chi connectivity index (χ0n) is 14.4. The number of para-hydroxylation sites is 2. The summed E-state index contributed by atoms with van der Waals surface area (Å²) in [6, 6.07) is 7.32. The van der Waals surface area contributed by atoms with Crippen LogP contribution in [0.5, 0.6) is 0 Å². The summed E-state index contributed by atoms with van der Waals surface area (Å²) >= 11 is 1.42. The van der Waals surface area contributed by atoms with Crippen molar-refractivity contribution < 1.29 is 49.0 Å². The molecule has 1 aromatic carbocycles. The minimum absolute atomic E-state index is 0. The van der Waals surface area contributed by atoms with E-state index in [0.29, 0.717) is 41.8 Å². The Labute approximate surface area is 176 Å². The molecule has 0 aliphatic carbocycles. The van der Waals surface area contributed by atoms with Crippen molar-refractivity contribution in [3.8, 4) is 11.5 Å². The molecular formula is C17H16N3NaO4S. The fraction of sp³-hybridized carbons (Fsp3) is 0.294. The molecule has 0 atom stereocenters. The molecule has 0 fully saturated rings. The third-order valence-electron chi connectivity index (χ3n) is 3.66. The summed E-state index contributed by atoms with van der Waals surface area (Å²) in [5, 5.41) is 12.2. The van der Waals surface area contributed by atoms with Crippen LogP contribution in [0.4, 0.5) is 4.79 Å². The van der Waals surface area contributed by atoms with Gasteiger partial charge in [0.1, 0.15) is 5.69 Å². The van der Waals surface area contributed by atoms with Gasteiger partial charge in [-0.05, 0) is 37.8 Å². The maximum absolute atomic E-state index is 12.5. The predicted molar refractivity (Wildman–Crippen MR) is 91.1 cm³/mol. The molecule has 3 rings (SSSR count). The summed E-state index contributed by atoms with van der Waals surface area (Å²) in [6.07, 6.45) is 1.27. The van der Waals surface area contributed by atoms with Gasteiger partial charge < -0.3 is 14.6 Å². The van der Waals surface area contributed by atoms with E-state index in [1.165, 1.54) is 15.9 Å². The third kappa shape index (κ3) is 4.91. The van der Waals surface area contributed by atoms with Gasteiger partial charge in [-0.25, -0.2) is 19.3 Å². The summed E-state index contributed by atoms with van der Waals surface area (Å²) in [5.41, 5.74) is 3.65. The van der Waals surface area contributed by atoms with Crippen molar-refractivity contribution in [1.82, 2.24) is 14.5 Å². The number of carbonyl (C=O) groups is 2. The van der Waals surface area contributed by atoms with Crippen LogP contribution in [0, 0.1) is 0 Å². The number of nitrogens with zero attached hydrogens (tertiary/aromatic N) is 3. The van der Waals surface area contributed by atoms with E-state index in [1.807, 2.05) is 23.6 Å². The number of hydrogen-bond acceptors (Lipinski definition) is 7. The van der Waals surface area contributed by atoms with E-state index in [2.05, 4.69) is 9.97 Å². The molecule has 0 saturated carbocycles. The molecule has 0 saturated heterocycles. The number of carboxylic acid groups (broad SMARTS) is 1. The Morgan fingerprint density at radius 1 is 1.19 bits per heavy atom. The molecule has 0 N–H and O–H groups in total. The summed E-state index contributed by atoms with van der Waals surface area (Å²) in [5.74, 6) is -0.612. The molecule has 7 nitrogen and oxygen atoms in total. The average Bonchev–Trinajstić information content (AvgIpc) is 3.24. The van der Waals surface area contributed by atoms with Crippen molar-refractivity contribution in [1.29, 1.82) is 0 Å². The van der Waals surface area contributed by atoms with E-state index in [-0.39, 0.29) is 42.6 Å². The zero-order chi connectivity index (χ0) is 17.6. The van der Waals surface area contributed by atoms with Gasteiger partial charge in [-0.3, -0.25) is 0 Å². The Bertz CT molecular complexity index is 879. The Balaban J connectivity index is 0.00000243. The van der Waals surface area contributed by atoms with Gasteiger partial charge >= 0.3 is 35.7 Å². The van der Waals surface area contributed by atoms with Crippen molar-refractivity contribution >= 4 is 34.4 Å². The number of carboxylic acids is 1. The SMILES string of the molecule is O=C([O-])CCCCCOC(=O)n1c(-c2cscn2)nc2ccccc21.[Na+]. The first-order chi connectivity index (χ1) is 12.2. The van der Waals surface area contributed by atoms with E-state index in [1.54, 1.807) is 11.6 Å². The second-order valence-electron chi connectivity index (χ2n) is 5.43. The number of imidazole rings is 1. The molecule has 0 spiro atoms. The molecule has 3 aromatic rings. The first-order valence-electron chi connectivity index (χ1n) is 7.90. The van der Waals surface area contributed by atoms with Gasteiger partial charge in [0.25, 0.3) is 0 Å². The van der Waals surface area contributed by atoms with E-state index >= 15 is 0 Å². The number of hydrogen-bond donors (Lipinski definition) is 0. The molecule has 0 radical (unpaired) electrons.